The van der Waals surface area contributed by atoms with Gasteiger partial charge in [-0.2, -0.15) is 0 Å². The van der Waals surface area contributed by atoms with Crippen molar-refractivity contribution in [2.24, 2.45) is 0 Å². The van der Waals surface area contributed by atoms with E-state index in [-0.39, 0.29) is 5.78 Å². The number of hydrogen-bond acceptors (Lipinski definition) is 1. The first kappa shape index (κ1) is 17.4. The molecule has 138 valence electrons. The molecule has 0 heterocycles. The second kappa shape index (κ2) is 7.03. The fraction of sp³-hybridized carbons (Fsp3) is 0.0357. The summed E-state index contributed by atoms with van der Waals surface area (Å²) in [6.45, 7) is 0. The van der Waals surface area contributed by atoms with Crippen molar-refractivity contribution in [2.75, 3.05) is 0 Å². The van der Waals surface area contributed by atoms with Gasteiger partial charge in [0.1, 0.15) is 5.41 Å². The van der Waals surface area contributed by atoms with E-state index >= 15 is 0 Å². The van der Waals surface area contributed by atoms with Crippen molar-refractivity contribution < 1.29 is 4.79 Å². The van der Waals surface area contributed by atoms with Crippen LogP contribution in [0.25, 0.3) is 5.57 Å². The van der Waals surface area contributed by atoms with Gasteiger partial charge in [-0.25, -0.2) is 0 Å². The number of rotatable bonds is 3. The molecule has 0 saturated heterocycles. The van der Waals surface area contributed by atoms with Crippen LogP contribution in [0.15, 0.2) is 121 Å². The lowest BCUT2D eigenvalue weighted by Gasteiger charge is -2.38. The number of ketones is 1. The highest BCUT2D eigenvalue weighted by Crippen LogP contribution is 2.47. The maximum Gasteiger partial charge on any atom is 0.175 e. The first-order valence-corrected chi connectivity index (χ1v) is 9.84. The van der Waals surface area contributed by atoms with Crippen LogP contribution in [0.5, 0.6) is 0 Å². The van der Waals surface area contributed by atoms with Gasteiger partial charge in [0.2, 0.25) is 0 Å². The van der Waals surface area contributed by atoms with E-state index < -0.39 is 5.41 Å². The fourth-order valence-electron chi connectivity index (χ4n) is 4.49. The standard InChI is InChI=1S/C28H20O/c29-27-20-25(21-12-4-1-5-13-21)24-18-10-11-19-26(24)28(27,22-14-6-2-7-15-22)23-16-8-3-9-17-23/h1-20H. The molecule has 0 amide bonds. The van der Waals surface area contributed by atoms with E-state index in [0.717, 1.165) is 33.4 Å². The molecule has 0 unspecified atom stereocenters. The molecular formula is C28H20O. The summed E-state index contributed by atoms with van der Waals surface area (Å²) in [6.07, 6.45) is 1.83. The Morgan fingerprint density at radius 2 is 1.00 bits per heavy atom. The van der Waals surface area contributed by atoms with Gasteiger partial charge < -0.3 is 0 Å². The Bertz CT molecular complexity index is 1150. The Labute approximate surface area is 171 Å². The third-order valence-corrected chi connectivity index (χ3v) is 5.76. The Kier molecular flexibility index (Phi) is 4.22. The van der Waals surface area contributed by atoms with Crippen LogP contribution in [0.4, 0.5) is 0 Å². The van der Waals surface area contributed by atoms with Crippen LogP contribution in [0.1, 0.15) is 27.8 Å². The molecule has 0 atom stereocenters. The highest BCUT2D eigenvalue weighted by atomic mass is 16.1. The molecule has 0 N–H and O–H groups in total. The molecule has 0 aromatic heterocycles. The van der Waals surface area contributed by atoms with Crippen LogP contribution in [0.2, 0.25) is 0 Å². The number of allylic oxidation sites excluding steroid dienone is 1. The Morgan fingerprint density at radius 3 is 1.59 bits per heavy atom. The van der Waals surface area contributed by atoms with Crippen LogP contribution in [-0.2, 0) is 10.2 Å². The minimum absolute atomic E-state index is 0.0902. The summed E-state index contributed by atoms with van der Waals surface area (Å²) in [6, 6.07) is 38.7. The normalized spacial score (nSPS) is 14.8. The predicted molar refractivity (Wildman–Crippen MR) is 118 cm³/mol. The van der Waals surface area contributed by atoms with Gasteiger partial charge in [0.15, 0.2) is 5.78 Å². The van der Waals surface area contributed by atoms with E-state index in [2.05, 4.69) is 48.5 Å². The molecule has 0 aliphatic heterocycles. The van der Waals surface area contributed by atoms with Gasteiger partial charge in [0.05, 0.1) is 0 Å². The van der Waals surface area contributed by atoms with E-state index in [4.69, 9.17) is 0 Å². The summed E-state index contributed by atoms with van der Waals surface area (Å²) in [5, 5.41) is 0. The maximum absolute atomic E-state index is 14.0. The van der Waals surface area contributed by atoms with Crippen LogP contribution in [-0.4, -0.2) is 5.78 Å². The van der Waals surface area contributed by atoms with Gasteiger partial charge in [-0.1, -0.05) is 115 Å². The summed E-state index contributed by atoms with van der Waals surface area (Å²) in [5.74, 6) is 0.0902. The van der Waals surface area contributed by atoms with Crippen molar-refractivity contribution in [3.8, 4) is 0 Å². The van der Waals surface area contributed by atoms with E-state index in [1.165, 1.54) is 0 Å². The van der Waals surface area contributed by atoms with Crippen molar-refractivity contribution >= 4 is 11.4 Å². The first-order chi connectivity index (χ1) is 14.3. The second-order valence-corrected chi connectivity index (χ2v) is 7.32. The minimum atomic E-state index is -0.850. The van der Waals surface area contributed by atoms with Crippen LogP contribution in [0, 0.1) is 0 Å². The number of fused-ring (bicyclic) bond motifs is 1. The molecule has 29 heavy (non-hydrogen) atoms. The summed E-state index contributed by atoms with van der Waals surface area (Å²) in [5.41, 5.74) is 5.31. The van der Waals surface area contributed by atoms with E-state index in [1.54, 1.807) is 0 Å². The molecule has 0 fully saturated rings. The number of carbonyl (C=O) groups is 1. The minimum Gasteiger partial charge on any atom is -0.293 e. The molecule has 1 aliphatic rings. The number of benzene rings is 4. The molecule has 0 saturated carbocycles. The number of hydrogen-bond donors (Lipinski definition) is 0. The summed E-state index contributed by atoms with van der Waals surface area (Å²) in [4.78, 5) is 14.0. The smallest absolute Gasteiger partial charge is 0.175 e. The van der Waals surface area contributed by atoms with Crippen molar-refractivity contribution in [1.82, 2.24) is 0 Å². The zero-order valence-corrected chi connectivity index (χ0v) is 16.0. The van der Waals surface area contributed by atoms with Gasteiger partial charge in [-0.15, -0.1) is 0 Å². The third-order valence-electron chi connectivity index (χ3n) is 5.76. The highest BCUT2D eigenvalue weighted by Gasteiger charge is 2.46. The lowest BCUT2D eigenvalue weighted by Crippen LogP contribution is -2.40. The molecule has 0 spiro atoms. The lowest BCUT2D eigenvalue weighted by molar-refractivity contribution is -0.117. The lowest BCUT2D eigenvalue weighted by atomic mass is 9.62. The summed E-state index contributed by atoms with van der Waals surface area (Å²) in [7, 11) is 0. The fourth-order valence-corrected chi connectivity index (χ4v) is 4.49. The molecule has 4 aromatic carbocycles. The van der Waals surface area contributed by atoms with Crippen LogP contribution < -0.4 is 0 Å². The van der Waals surface area contributed by atoms with Gasteiger partial charge in [0, 0.05) is 0 Å². The van der Waals surface area contributed by atoms with Crippen molar-refractivity contribution in [3.63, 3.8) is 0 Å². The number of carbonyl (C=O) groups excluding carboxylic acids is 1. The monoisotopic (exact) mass is 372 g/mol. The van der Waals surface area contributed by atoms with E-state index in [1.807, 2.05) is 72.8 Å². The van der Waals surface area contributed by atoms with E-state index in [9.17, 15) is 4.79 Å². The molecule has 1 aliphatic carbocycles. The molecule has 0 radical (unpaired) electrons. The Morgan fingerprint density at radius 1 is 0.517 bits per heavy atom. The predicted octanol–water partition coefficient (Wildman–Crippen LogP) is 6.04. The molecular weight excluding hydrogens is 352 g/mol. The van der Waals surface area contributed by atoms with Crippen LogP contribution >= 0.6 is 0 Å². The summed E-state index contributed by atoms with van der Waals surface area (Å²) >= 11 is 0. The average molecular weight is 372 g/mol. The van der Waals surface area contributed by atoms with Crippen molar-refractivity contribution in [2.45, 2.75) is 5.41 Å². The van der Waals surface area contributed by atoms with E-state index in [0.29, 0.717) is 0 Å². The molecule has 0 bridgehead atoms. The largest absolute Gasteiger partial charge is 0.293 e. The third kappa shape index (κ3) is 2.67. The topological polar surface area (TPSA) is 17.1 Å². The molecule has 5 rings (SSSR count). The van der Waals surface area contributed by atoms with Gasteiger partial charge in [-0.05, 0) is 39.5 Å². The first-order valence-electron chi connectivity index (χ1n) is 9.84. The van der Waals surface area contributed by atoms with Gasteiger partial charge in [-0.3, -0.25) is 4.79 Å². The summed E-state index contributed by atoms with van der Waals surface area (Å²) < 4.78 is 0. The van der Waals surface area contributed by atoms with Gasteiger partial charge in [0.25, 0.3) is 0 Å². The zero-order chi connectivity index (χ0) is 19.7. The molecule has 1 nitrogen and oxygen atoms in total. The van der Waals surface area contributed by atoms with Crippen molar-refractivity contribution in [3.05, 3.63) is 149 Å². The highest BCUT2D eigenvalue weighted by molar-refractivity contribution is 6.14. The SMILES string of the molecule is O=C1C=C(c2ccccc2)c2ccccc2C1(c1ccccc1)c1ccccc1. The van der Waals surface area contributed by atoms with Gasteiger partial charge >= 0.3 is 0 Å². The Hall–Kier alpha value is -3.71. The molecule has 4 aromatic rings. The molecule has 1 heteroatoms. The zero-order valence-electron chi connectivity index (χ0n) is 16.0. The van der Waals surface area contributed by atoms with Crippen LogP contribution in [0.3, 0.4) is 0 Å². The Balaban J connectivity index is 1.87. The van der Waals surface area contributed by atoms with Crippen molar-refractivity contribution in [1.29, 1.82) is 0 Å². The second-order valence-electron chi connectivity index (χ2n) is 7.32. The average Bonchev–Trinajstić information content (AvgIpc) is 2.80. The maximum atomic E-state index is 14.0. The quantitative estimate of drug-likeness (QED) is 0.429.